The standard InChI is InChI=1S/C21H25F2N3O/c1-25(12-18-24-16-4-2-3-5-17(16)26(18)20(22)23)19(27)21-9-13-6-14(10-21)8-15(7-13)11-21/h2-5,13-15,20H,6-12H2,1H3. The van der Waals surface area contributed by atoms with Crippen LogP contribution in [0.3, 0.4) is 0 Å². The Bertz CT molecular complexity index is 855. The maximum Gasteiger partial charge on any atom is 0.320 e. The molecule has 144 valence electrons. The Morgan fingerprint density at radius 2 is 1.78 bits per heavy atom. The van der Waals surface area contributed by atoms with E-state index in [2.05, 4.69) is 4.98 Å². The van der Waals surface area contributed by atoms with E-state index in [1.807, 2.05) is 0 Å². The molecule has 0 atom stereocenters. The van der Waals surface area contributed by atoms with Crippen molar-refractivity contribution in [2.45, 2.75) is 51.6 Å². The lowest BCUT2D eigenvalue weighted by Crippen LogP contribution is -2.53. The van der Waals surface area contributed by atoms with Crippen LogP contribution in [0.2, 0.25) is 0 Å². The minimum absolute atomic E-state index is 0.125. The highest BCUT2D eigenvalue weighted by molar-refractivity contribution is 5.83. The zero-order valence-corrected chi connectivity index (χ0v) is 15.6. The number of rotatable bonds is 4. The van der Waals surface area contributed by atoms with Gasteiger partial charge < -0.3 is 4.90 Å². The van der Waals surface area contributed by atoms with E-state index in [1.54, 1.807) is 36.2 Å². The molecule has 0 N–H and O–H groups in total. The summed E-state index contributed by atoms with van der Waals surface area (Å²) in [5, 5.41) is 0. The number of hydrogen-bond acceptors (Lipinski definition) is 2. The summed E-state index contributed by atoms with van der Waals surface area (Å²) in [4.78, 5) is 19.4. The predicted octanol–water partition coefficient (Wildman–Crippen LogP) is 4.61. The largest absolute Gasteiger partial charge is 0.338 e. The molecule has 1 aromatic heterocycles. The van der Waals surface area contributed by atoms with E-state index in [9.17, 15) is 13.6 Å². The normalized spacial score (nSPS) is 31.8. The van der Waals surface area contributed by atoms with Crippen molar-refractivity contribution in [2.75, 3.05) is 7.05 Å². The van der Waals surface area contributed by atoms with Crippen molar-refractivity contribution in [2.24, 2.45) is 23.2 Å². The highest BCUT2D eigenvalue weighted by Crippen LogP contribution is 2.60. The first kappa shape index (κ1) is 17.1. The van der Waals surface area contributed by atoms with Crippen molar-refractivity contribution >= 4 is 16.9 Å². The van der Waals surface area contributed by atoms with Gasteiger partial charge in [0, 0.05) is 7.05 Å². The summed E-state index contributed by atoms with van der Waals surface area (Å²) in [6, 6.07) is 6.91. The average Bonchev–Trinajstić information content (AvgIpc) is 2.97. The van der Waals surface area contributed by atoms with Crippen LogP contribution in [0.4, 0.5) is 8.78 Å². The molecule has 0 radical (unpaired) electrons. The molecule has 0 saturated heterocycles. The fourth-order valence-electron chi connectivity index (χ4n) is 6.49. The summed E-state index contributed by atoms with van der Waals surface area (Å²) in [7, 11) is 1.75. The van der Waals surface area contributed by atoms with Gasteiger partial charge >= 0.3 is 6.55 Å². The van der Waals surface area contributed by atoms with Crippen molar-refractivity contribution in [3.63, 3.8) is 0 Å². The fourth-order valence-corrected chi connectivity index (χ4v) is 6.49. The lowest BCUT2D eigenvalue weighted by molar-refractivity contribution is -0.157. The third-order valence-electron chi connectivity index (χ3n) is 7.08. The molecule has 4 nitrogen and oxygen atoms in total. The molecule has 1 aromatic carbocycles. The Labute approximate surface area is 157 Å². The van der Waals surface area contributed by atoms with Crippen molar-refractivity contribution in [3.05, 3.63) is 30.1 Å². The van der Waals surface area contributed by atoms with Gasteiger partial charge in [-0.1, -0.05) is 12.1 Å². The smallest absolute Gasteiger partial charge is 0.320 e. The number of aromatic nitrogens is 2. The Hall–Kier alpha value is -1.98. The Morgan fingerprint density at radius 3 is 2.37 bits per heavy atom. The molecular formula is C21H25F2N3O. The Morgan fingerprint density at radius 1 is 1.19 bits per heavy atom. The molecular weight excluding hydrogens is 348 g/mol. The first-order valence-electron chi connectivity index (χ1n) is 9.95. The van der Waals surface area contributed by atoms with Crippen LogP contribution in [-0.4, -0.2) is 27.4 Å². The fraction of sp³-hybridized carbons (Fsp3) is 0.619. The minimum atomic E-state index is -2.67. The molecule has 4 aliphatic carbocycles. The molecule has 0 spiro atoms. The highest BCUT2D eigenvalue weighted by atomic mass is 19.3. The molecule has 6 heteroatoms. The van der Waals surface area contributed by atoms with E-state index in [0.717, 1.165) is 23.8 Å². The third kappa shape index (κ3) is 2.67. The first-order chi connectivity index (χ1) is 12.9. The maximum absolute atomic E-state index is 13.7. The van der Waals surface area contributed by atoms with Crippen LogP contribution in [-0.2, 0) is 11.3 Å². The quantitative estimate of drug-likeness (QED) is 0.785. The monoisotopic (exact) mass is 373 g/mol. The van der Waals surface area contributed by atoms with Crippen molar-refractivity contribution in [1.82, 2.24) is 14.5 Å². The molecule has 0 aliphatic heterocycles. The molecule has 4 aliphatic rings. The number of halogens is 2. The molecule has 4 fully saturated rings. The molecule has 2 aromatic rings. The van der Waals surface area contributed by atoms with Crippen LogP contribution < -0.4 is 0 Å². The first-order valence-corrected chi connectivity index (χ1v) is 9.95. The van der Waals surface area contributed by atoms with Gasteiger partial charge in [-0.3, -0.25) is 9.36 Å². The van der Waals surface area contributed by atoms with E-state index in [0.29, 0.717) is 28.8 Å². The lowest BCUT2D eigenvalue weighted by atomic mass is 9.49. The Kier molecular flexibility index (Phi) is 3.82. The van der Waals surface area contributed by atoms with Crippen LogP contribution >= 0.6 is 0 Å². The zero-order valence-electron chi connectivity index (χ0n) is 15.6. The van der Waals surface area contributed by atoms with Gasteiger partial charge in [0.05, 0.1) is 23.0 Å². The van der Waals surface area contributed by atoms with E-state index in [4.69, 9.17) is 0 Å². The molecule has 4 saturated carbocycles. The number of carbonyl (C=O) groups is 1. The van der Waals surface area contributed by atoms with Gasteiger partial charge in [-0.15, -0.1) is 0 Å². The molecule has 4 bridgehead atoms. The van der Waals surface area contributed by atoms with Crippen molar-refractivity contribution in [3.8, 4) is 0 Å². The van der Waals surface area contributed by atoms with Crippen LogP contribution in [0.1, 0.15) is 50.9 Å². The maximum atomic E-state index is 13.7. The molecule has 1 heterocycles. The van der Waals surface area contributed by atoms with Gasteiger partial charge in [-0.25, -0.2) is 4.98 Å². The zero-order chi connectivity index (χ0) is 18.8. The second-order valence-corrected chi connectivity index (χ2v) is 9.02. The number of hydrogen-bond donors (Lipinski definition) is 0. The summed E-state index contributed by atoms with van der Waals surface area (Å²) < 4.78 is 28.3. The van der Waals surface area contributed by atoms with Crippen molar-refractivity contribution in [1.29, 1.82) is 0 Å². The number of carbonyl (C=O) groups excluding carboxylic acids is 1. The van der Waals surface area contributed by atoms with Gasteiger partial charge in [-0.2, -0.15) is 8.78 Å². The number of amides is 1. The van der Waals surface area contributed by atoms with E-state index in [-0.39, 0.29) is 23.7 Å². The predicted molar refractivity (Wildman–Crippen MR) is 98.1 cm³/mol. The SMILES string of the molecule is CN(Cc1nc2ccccc2n1C(F)F)C(=O)C12CC3CC(CC(C3)C1)C2. The topological polar surface area (TPSA) is 38.1 Å². The Balaban J connectivity index is 1.42. The second-order valence-electron chi connectivity index (χ2n) is 9.02. The summed E-state index contributed by atoms with van der Waals surface area (Å²) in [5.74, 6) is 2.43. The highest BCUT2D eigenvalue weighted by Gasteiger charge is 2.55. The van der Waals surface area contributed by atoms with Gasteiger partial charge in [0.1, 0.15) is 5.82 Å². The molecule has 6 rings (SSSR count). The van der Waals surface area contributed by atoms with Gasteiger partial charge in [0.25, 0.3) is 0 Å². The lowest BCUT2D eigenvalue weighted by Gasteiger charge is -2.56. The van der Waals surface area contributed by atoms with E-state index >= 15 is 0 Å². The summed E-state index contributed by atoms with van der Waals surface area (Å²) >= 11 is 0. The number of nitrogens with zero attached hydrogens (tertiary/aromatic N) is 3. The third-order valence-corrected chi connectivity index (χ3v) is 7.08. The van der Waals surface area contributed by atoms with Crippen LogP contribution in [0.5, 0.6) is 0 Å². The van der Waals surface area contributed by atoms with E-state index in [1.165, 1.54) is 19.3 Å². The number of para-hydroxylation sites is 2. The number of fused-ring (bicyclic) bond motifs is 1. The summed E-state index contributed by atoms with van der Waals surface area (Å²) in [6.07, 6.45) is 6.76. The number of imidazole rings is 1. The molecule has 27 heavy (non-hydrogen) atoms. The average molecular weight is 373 g/mol. The van der Waals surface area contributed by atoms with Crippen molar-refractivity contribution < 1.29 is 13.6 Å². The summed E-state index contributed by atoms with van der Waals surface area (Å²) in [5.41, 5.74) is 0.701. The van der Waals surface area contributed by atoms with Gasteiger partial charge in [-0.05, 0) is 68.4 Å². The van der Waals surface area contributed by atoms with Crippen LogP contribution in [0.25, 0.3) is 11.0 Å². The van der Waals surface area contributed by atoms with E-state index < -0.39 is 6.55 Å². The second kappa shape index (κ2) is 6.01. The number of alkyl halides is 2. The van der Waals surface area contributed by atoms with Crippen LogP contribution in [0, 0.1) is 23.2 Å². The van der Waals surface area contributed by atoms with Gasteiger partial charge in [0.2, 0.25) is 5.91 Å². The number of benzene rings is 1. The molecule has 0 unspecified atom stereocenters. The van der Waals surface area contributed by atoms with Gasteiger partial charge in [0.15, 0.2) is 0 Å². The van der Waals surface area contributed by atoms with Crippen LogP contribution in [0.15, 0.2) is 24.3 Å². The summed E-state index contributed by atoms with van der Waals surface area (Å²) in [6.45, 7) is -2.55. The molecule has 1 amide bonds. The minimum Gasteiger partial charge on any atom is -0.338 e.